The summed E-state index contributed by atoms with van der Waals surface area (Å²) in [6.45, 7) is 0. The summed E-state index contributed by atoms with van der Waals surface area (Å²) < 4.78 is 0. The van der Waals surface area contributed by atoms with Crippen LogP contribution in [0.3, 0.4) is 0 Å². The number of carbonyl (C=O) groups excluding carboxylic acids is 1. The predicted octanol–water partition coefficient (Wildman–Crippen LogP) is 6.65. The molecule has 3 fully saturated rings. The smallest absolute Gasteiger partial charge is 0.269 e. The first kappa shape index (κ1) is 20.8. The summed E-state index contributed by atoms with van der Waals surface area (Å²) >= 11 is 9.50. The highest BCUT2D eigenvalue weighted by Crippen LogP contribution is 2.51. The van der Waals surface area contributed by atoms with Crippen molar-refractivity contribution in [2.75, 3.05) is 11.9 Å². The highest BCUT2D eigenvalue weighted by atomic mass is 35.5. The average molecular weight is 462 g/mol. The van der Waals surface area contributed by atoms with E-state index >= 15 is 0 Å². The third-order valence-electron chi connectivity index (χ3n) is 6.61. The minimum Gasteiger partial charge on any atom is -0.337 e. The van der Waals surface area contributed by atoms with Gasteiger partial charge in [-0.05, 0) is 55.6 Å². The molecule has 1 aromatic rings. The molecule has 7 heteroatoms. The first-order valence-corrected chi connectivity index (χ1v) is 13.2. The van der Waals surface area contributed by atoms with Crippen molar-refractivity contribution in [3.8, 4) is 0 Å². The lowest BCUT2D eigenvalue weighted by Gasteiger charge is -2.31. The molecule has 4 aliphatic rings. The lowest BCUT2D eigenvalue weighted by Crippen LogP contribution is -2.41. The van der Waals surface area contributed by atoms with Crippen molar-refractivity contribution in [2.24, 2.45) is 4.99 Å². The van der Waals surface area contributed by atoms with Crippen LogP contribution in [0.25, 0.3) is 0 Å². The van der Waals surface area contributed by atoms with Gasteiger partial charge in [-0.2, -0.15) is 0 Å². The van der Waals surface area contributed by atoms with Crippen molar-refractivity contribution in [3.05, 3.63) is 33.2 Å². The van der Waals surface area contributed by atoms with E-state index in [-0.39, 0.29) is 5.91 Å². The van der Waals surface area contributed by atoms with Gasteiger partial charge in [0, 0.05) is 23.0 Å². The number of rotatable bonds is 2. The number of fused-ring (bicyclic) bond motifs is 1. The van der Waals surface area contributed by atoms with Gasteiger partial charge in [0.05, 0.1) is 16.8 Å². The maximum absolute atomic E-state index is 13.7. The number of hydrogen-bond donors (Lipinski definition) is 0. The number of hydrogen-bond acceptors (Lipinski definition) is 5. The van der Waals surface area contributed by atoms with Crippen LogP contribution in [-0.2, 0) is 4.79 Å². The second-order valence-electron chi connectivity index (χ2n) is 8.68. The number of aliphatic imine (C=N–C) groups is 1. The number of benzene rings is 1. The zero-order chi connectivity index (χ0) is 20.7. The summed E-state index contributed by atoms with van der Waals surface area (Å²) in [7, 11) is 2.03. The van der Waals surface area contributed by atoms with Crippen LogP contribution >= 0.6 is 35.1 Å². The minimum absolute atomic E-state index is 0.148. The van der Waals surface area contributed by atoms with E-state index in [2.05, 4.69) is 9.80 Å². The molecule has 2 saturated carbocycles. The number of nitrogens with zero attached hydrogens (tertiary/aromatic N) is 3. The zero-order valence-electron chi connectivity index (χ0n) is 17.4. The van der Waals surface area contributed by atoms with Crippen LogP contribution in [0.2, 0.25) is 5.02 Å². The fraction of sp³-hybridized carbons (Fsp3) is 0.565. The predicted molar refractivity (Wildman–Crippen MR) is 128 cm³/mol. The van der Waals surface area contributed by atoms with Crippen LogP contribution in [-0.4, -0.2) is 35.1 Å². The molecular weight excluding hydrogens is 434 g/mol. The molecule has 0 N–H and O–H groups in total. The normalized spacial score (nSPS) is 27.4. The fourth-order valence-corrected chi connectivity index (χ4v) is 7.55. The van der Waals surface area contributed by atoms with E-state index in [1.165, 1.54) is 38.5 Å². The molecule has 160 valence electrons. The summed E-state index contributed by atoms with van der Waals surface area (Å²) in [6, 6.07) is 6.62. The first-order chi connectivity index (χ1) is 14.6. The van der Waals surface area contributed by atoms with E-state index in [1.54, 1.807) is 23.5 Å². The van der Waals surface area contributed by atoms with Gasteiger partial charge >= 0.3 is 0 Å². The highest BCUT2D eigenvalue weighted by molar-refractivity contribution is 8.19. The van der Waals surface area contributed by atoms with Gasteiger partial charge in [-0.1, -0.05) is 61.9 Å². The van der Waals surface area contributed by atoms with Crippen molar-refractivity contribution >= 4 is 51.9 Å². The average Bonchev–Trinajstić information content (AvgIpc) is 3.26. The van der Waals surface area contributed by atoms with Gasteiger partial charge in [-0.15, -0.1) is 0 Å². The van der Waals surface area contributed by atoms with Crippen LogP contribution in [0.1, 0.15) is 64.2 Å². The van der Waals surface area contributed by atoms with E-state index in [4.69, 9.17) is 16.6 Å². The number of anilines is 1. The Hall–Kier alpha value is -1.11. The molecule has 0 atom stereocenters. The van der Waals surface area contributed by atoms with Crippen molar-refractivity contribution in [1.29, 1.82) is 0 Å². The fourth-order valence-electron chi connectivity index (χ4n) is 4.95. The number of amidine groups is 1. The van der Waals surface area contributed by atoms with Crippen LogP contribution in [0, 0.1) is 0 Å². The van der Waals surface area contributed by atoms with Crippen molar-refractivity contribution in [3.63, 3.8) is 0 Å². The highest BCUT2D eigenvalue weighted by Gasteiger charge is 2.42. The van der Waals surface area contributed by atoms with Crippen LogP contribution in [0.4, 0.5) is 5.69 Å². The van der Waals surface area contributed by atoms with E-state index in [0.29, 0.717) is 12.1 Å². The molecular formula is C23H28ClN3OS2. The molecule has 30 heavy (non-hydrogen) atoms. The SMILES string of the molecule is CN1/C(=C2/SC(=NC3CCCCC3)N(C3CCCCC3)C2=O)Sc2ccc(Cl)cc21. The summed E-state index contributed by atoms with van der Waals surface area (Å²) in [5.41, 5.74) is 1.07. The molecule has 0 spiro atoms. The zero-order valence-corrected chi connectivity index (χ0v) is 19.8. The molecule has 2 heterocycles. The Bertz CT molecular complexity index is 904. The van der Waals surface area contributed by atoms with Crippen LogP contribution < -0.4 is 4.90 Å². The first-order valence-electron chi connectivity index (χ1n) is 11.2. The Balaban J connectivity index is 1.50. The van der Waals surface area contributed by atoms with Crippen molar-refractivity contribution in [2.45, 2.75) is 81.2 Å². The Labute approximate surface area is 192 Å². The largest absolute Gasteiger partial charge is 0.337 e. The molecule has 0 aromatic heterocycles. The molecule has 1 amide bonds. The van der Waals surface area contributed by atoms with Crippen molar-refractivity contribution < 1.29 is 4.79 Å². The van der Waals surface area contributed by atoms with E-state index in [0.717, 1.165) is 56.4 Å². The summed E-state index contributed by atoms with van der Waals surface area (Å²) in [5, 5.41) is 2.68. The van der Waals surface area contributed by atoms with Gasteiger partial charge in [0.25, 0.3) is 5.91 Å². The molecule has 2 aliphatic heterocycles. The monoisotopic (exact) mass is 461 g/mol. The molecule has 1 aromatic carbocycles. The topological polar surface area (TPSA) is 35.9 Å². The third-order valence-corrected chi connectivity index (χ3v) is 9.27. The van der Waals surface area contributed by atoms with E-state index < -0.39 is 0 Å². The lowest BCUT2D eigenvalue weighted by molar-refractivity contribution is -0.124. The molecule has 1 saturated heterocycles. The molecule has 2 aliphatic carbocycles. The van der Waals surface area contributed by atoms with Gasteiger partial charge in [-0.3, -0.25) is 14.7 Å². The summed E-state index contributed by atoms with van der Waals surface area (Å²) in [6.07, 6.45) is 12.0. The Morgan fingerprint density at radius 2 is 1.70 bits per heavy atom. The summed E-state index contributed by atoms with van der Waals surface area (Å²) in [5.74, 6) is 0.148. The molecule has 5 rings (SSSR count). The maximum atomic E-state index is 13.7. The van der Waals surface area contributed by atoms with Crippen molar-refractivity contribution in [1.82, 2.24) is 4.90 Å². The number of thioether (sulfide) groups is 2. The number of amides is 1. The van der Waals surface area contributed by atoms with E-state index in [9.17, 15) is 4.79 Å². The Kier molecular flexibility index (Phi) is 6.09. The van der Waals surface area contributed by atoms with E-state index in [1.807, 2.05) is 25.2 Å². The van der Waals surface area contributed by atoms with Gasteiger partial charge < -0.3 is 4.90 Å². The standard InChI is InChI=1S/C23H28ClN3OS2/c1-26-18-14-15(24)12-13-19(18)29-22(26)20-21(28)27(17-10-6-3-7-11-17)23(30-20)25-16-8-4-2-5-9-16/h12-14,16-17H,2-11H2,1H3/b22-20-,25-23?. The lowest BCUT2D eigenvalue weighted by atomic mass is 9.94. The molecule has 0 radical (unpaired) electrons. The number of carbonyl (C=O) groups is 1. The summed E-state index contributed by atoms with van der Waals surface area (Å²) in [4.78, 5) is 25.0. The quantitative estimate of drug-likeness (QED) is 0.462. The second-order valence-corrected chi connectivity index (χ2v) is 11.1. The second kappa shape index (κ2) is 8.79. The minimum atomic E-state index is 0.148. The van der Waals surface area contributed by atoms with Gasteiger partial charge in [0.15, 0.2) is 5.17 Å². The maximum Gasteiger partial charge on any atom is 0.269 e. The van der Waals surface area contributed by atoms with Gasteiger partial charge in [0.1, 0.15) is 4.91 Å². The Morgan fingerprint density at radius 1 is 1.00 bits per heavy atom. The third kappa shape index (κ3) is 3.91. The molecule has 0 unspecified atom stereocenters. The van der Waals surface area contributed by atoms with Gasteiger partial charge in [0.2, 0.25) is 0 Å². The van der Waals surface area contributed by atoms with Gasteiger partial charge in [-0.25, -0.2) is 0 Å². The van der Waals surface area contributed by atoms with Crippen LogP contribution in [0.5, 0.6) is 0 Å². The Morgan fingerprint density at radius 3 is 2.43 bits per heavy atom. The van der Waals surface area contributed by atoms with Crippen LogP contribution in [0.15, 0.2) is 38.0 Å². The molecule has 4 nitrogen and oxygen atoms in total. The number of halogens is 1. The molecule has 0 bridgehead atoms.